The molecule has 292 valence electrons. The maximum absolute atomic E-state index is 12.8. The number of hydrogen-bond donors (Lipinski definition) is 3. The molecule has 3 N–H and O–H groups in total. The Balaban J connectivity index is 4.59. The van der Waals surface area contributed by atoms with E-state index in [1.54, 1.807) is 6.08 Å². The molecule has 9 heteroatoms. The molecule has 0 saturated heterocycles. The summed E-state index contributed by atoms with van der Waals surface area (Å²) in [6.45, 7) is 4.71. The molecular formula is C41H78N2O6P+. The van der Waals surface area contributed by atoms with Crippen molar-refractivity contribution in [3.8, 4) is 0 Å². The largest absolute Gasteiger partial charge is 0.472 e. The number of phosphoric acid groups is 1. The lowest BCUT2D eigenvalue weighted by molar-refractivity contribution is -0.870. The maximum atomic E-state index is 12.8. The van der Waals surface area contributed by atoms with E-state index in [0.717, 1.165) is 57.8 Å². The molecule has 0 rings (SSSR count). The lowest BCUT2D eigenvalue weighted by Crippen LogP contribution is -2.45. The Kier molecular flexibility index (Phi) is 32.3. The fraction of sp³-hybridized carbons (Fsp3) is 0.780. The summed E-state index contributed by atoms with van der Waals surface area (Å²) in [5, 5.41) is 13.7. The SMILES string of the molecule is CCCCC/C=C\C=C/CCCCCCCCC(=O)NC(COP(=O)(O)OCC[N+](C)(C)C)C(O)/C=C/CC/C=C/CCCCCCCCC. The molecule has 0 spiro atoms. The molecular weight excluding hydrogens is 647 g/mol. The van der Waals surface area contributed by atoms with Crippen LogP contribution in [0.3, 0.4) is 0 Å². The van der Waals surface area contributed by atoms with Gasteiger partial charge in [-0.05, 0) is 57.8 Å². The Hall–Kier alpha value is -1.54. The topological polar surface area (TPSA) is 105 Å². The number of aliphatic hydroxyl groups excluding tert-OH is 1. The summed E-state index contributed by atoms with van der Waals surface area (Å²) in [5.74, 6) is -0.203. The second-order valence-electron chi connectivity index (χ2n) is 14.7. The van der Waals surface area contributed by atoms with Crippen LogP contribution >= 0.6 is 7.82 Å². The zero-order valence-corrected chi connectivity index (χ0v) is 33.8. The van der Waals surface area contributed by atoms with Crippen molar-refractivity contribution in [2.45, 2.75) is 167 Å². The van der Waals surface area contributed by atoms with Crippen LogP contribution in [0.15, 0.2) is 48.6 Å². The number of aliphatic hydroxyl groups is 1. The maximum Gasteiger partial charge on any atom is 0.472 e. The number of nitrogens with zero attached hydrogens (tertiary/aromatic N) is 1. The summed E-state index contributed by atoms with van der Waals surface area (Å²) in [6.07, 6.45) is 40.3. The normalized spacial score (nSPS) is 15.1. The molecule has 50 heavy (non-hydrogen) atoms. The van der Waals surface area contributed by atoms with Gasteiger partial charge in [-0.2, -0.15) is 0 Å². The standard InChI is InChI=1S/C41H77N2O6P/c1-6-8-10-12-14-16-18-20-21-23-25-27-29-31-33-35-41(45)42-39(38-49-50(46,47)48-37-36-43(3,4)5)40(44)34-32-30-28-26-24-22-19-17-15-13-11-9-7-2/h14,16,18,20,24,26,32,34,39-40,44H,6-13,15,17,19,21-23,25,27-31,33,35-38H2,1-5H3,(H-,42,45,46,47)/p+1/b16-14-,20-18-,26-24+,34-32+. The Labute approximate surface area is 308 Å². The number of amides is 1. The molecule has 1 amide bonds. The molecule has 0 fully saturated rings. The van der Waals surface area contributed by atoms with Crippen LogP contribution < -0.4 is 5.32 Å². The van der Waals surface area contributed by atoms with E-state index < -0.39 is 20.0 Å². The number of hydrogen-bond acceptors (Lipinski definition) is 5. The van der Waals surface area contributed by atoms with Crippen molar-refractivity contribution < 1.29 is 32.9 Å². The number of likely N-dealkylation sites (N-methyl/N-ethyl adjacent to an activating group) is 1. The Morgan fingerprint density at radius 3 is 1.76 bits per heavy atom. The number of carbonyl (C=O) groups excluding carboxylic acids is 1. The van der Waals surface area contributed by atoms with E-state index >= 15 is 0 Å². The van der Waals surface area contributed by atoms with Gasteiger partial charge < -0.3 is 19.8 Å². The van der Waals surface area contributed by atoms with Gasteiger partial charge in [0, 0.05) is 6.42 Å². The molecule has 0 bridgehead atoms. The van der Waals surface area contributed by atoms with E-state index in [1.165, 1.54) is 77.0 Å². The highest BCUT2D eigenvalue weighted by Gasteiger charge is 2.27. The number of rotatable bonds is 35. The first-order valence-electron chi connectivity index (χ1n) is 20.0. The summed E-state index contributed by atoms with van der Waals surface area (Å²) >= 11 is 0. The van der Waals surface area contributed by atoms with Gasteiger partial charge in [0.15, 0.2) is 0 Å². The fourth-order valence-corrected chi connectivity index (χ4v) is 6.02. The first-order valence-corrected chi connectivity index (χ1v) is 21.5. The first-order chi connectivity index (χ1) is 24.0. The van der Waals surface area contributed by atoms with E-state index in [0.29, 0.717) is 17.4 Å². The van der Waals surface area contributed by atoms with Crippen LogP contribution in [0, 0.1) is 0 Å². The number of nitrogens with one attached hydrogen (secondary N) is 1. The third-order valence-electron chi connectivity index (χ3n) is 8.55. The smallest absolute Gasteiger partial charge is 0.387 e. The molecule has 3 unspecified atom stereocenters. The molecule has 8 nitrogen and oxygen atoms in total. The average molecular weight is 726 g/mol. The summed E-state index contributed by atoms with van der Waals surface area (Å²) < 4.78 is 23.4. The van der Waals surface area contributed by atoms with Gasteiger partial charge in [-0.15, -0.1) is 0 Å². The van der Waals surface area contributed by atoms with Gasteiger partial charge in [-0.25, -0.2) is 4.57 Å². The molecule has 0 aliphatic heterocycles. The van der Waals surface area contributed by atoms with Gasteiger partial charge in [-0.1, -0.05) is 140 Å². The van der Waals surface area contributed by atoms with Crippen molar-refractivity contribution in [2.75, 3.05) is 40.9 Å². The van der Waals surface area contributed by atoms with Crippen molar-refractivity contribution in [3.63, 3.8) is 0 Å². The van der Waals surface area contributed by atoms with Crippen LogP contribution in [0.1, 0.15) is 155 Å². The minimum atomic E-state index is -4.34. The van der Waals surface area contributed by atoms with Gasteiger partial charge in [0.1, 0.15) is 13.2 Å². The van der Waals surface area contributed by atoms with Crippen LogP contribution in [0.5, 0.6) is 0 Å². The quantitative estimate of drug-likeness (QED) is 0.0198. The molecule has 0 saturated carbocycles. The second-order valence-corrected chi connectivity index (χ2v) is 16.1. The van der Waals surface area contributed by atoms with Gasteiger partial charge >= 0.3 is 7.82 Å². The Bertz CT molecular complexity index is 959. The number of carbonyl (C=O) groups is 1. The van der Waals surface area contributed by atoms with E-state index in [-0.39, 0.29) is 19.1 Å². The third kappa shape index (κ3) is 34.9. The van der Waals surface area contributed by atoms with Crippen LogP contribution in [-0.2, 0) is 18.4 Å². The second kappa shape index (κ2) is 33.3. The van der Waals surface area contributed by atoms with E-state index in [4.69, 9.17) is 9.05 Å². The zero-order chi connectivity index (χ0) is 37.2. The minimum absolute atomic E-state index is 0.0521. The summed E-state index contributed by atoms with van der Waals surface area (Å²) in [4.78, 5) is 23.0. The third-order valence-corrected chi connectivity index (χ3v) is 9.53. The van der Waals surface area contributed by atoms with E-state index in [2.05, 4.69) is 55.6 Å². The Morgan fingerprint density at radius 2 is 1.16 bits per heavy atom. The average Bonchev–Trinajstić information content (AvgIpc) is 3.06. The van der Waals surface area contributed by atoms with Crippen LogP contribution in [0.4, 0.5) is 0 Å². The van der Waals surface area contributed by atoms with Gasteiger partial charge in [0.25, 0.3) is 0 Å². The summed E-state index contributed by atoms with van der Waals surface area (Å²) in [6, 6.07) is -0.867. The molecule has 0 aromatic carbocycles. The van der Waals surface area contributed by atoms with Crippen molar-refractivity contribution in [2.24, 2.45) is 0 Å². The predicted molar refractivity (Wildman–Crippen MR) is 212 cm³/mol. The lowest BCUT2D eigenvalue weighted by atomic mass is 10.1. The molecule has 0 radical (unpaired) electrons. The number of allylic oxidation sites excluding steroid dienone is 7. The molecule has 0 aliphatic rings. The van der Waals surface area contributed by atoms with Crippen molar-refractivity contribution in [1.29, 1.82) is 0 Å². The number of unbranched alkanes of at least 4 members (excludes halogenated alkanes) is 17. The van der Waals surface area contributed by atoms with Crippen LogP contribution in [0.25, 0.3) is 0 Å². The number of quaternary nitrogens is 1. The fourth-order valence-electron chi connectivity index (χ4n) is 5.28. The van der Waals surface area contributed by atoms with Crippen LogP contribution in [-0.4, -0.2) is 73.4 Å². The molecule has 0 aliphatic carbocycles. The summed E-state index contributed by atoms with van der Waals surface area (Å²) in [5.41, 5.74) is 0. The minimum Gasteiger partial charge on any atom is -0.387 e. The van der Waals surface area contributed by atoms with Crippen molar-refractivity contribution >= 4 is 13.7 Å². The van der Waals surface area contributed by atoms with Gasteiger partial charge in [-0.3, -0.25) is 13.8 Å². The highest BCUT2D eigenvalue weighted by atomic mass is 31.2. The van der Waals surface area contributed by atoms with Gasteiger partial charge in [0.05, 0.1) is 39.9 Å². The Morgan fingerprint density at radius 1 is 0.680 bits per heavy atom. The molecule has 0 aromatic rings. The highest BCUT2D eigenvalue weighted by Crippen LogP contribution is 2.43. The van der Waals surface area contributed by atoms with Crippen molar-refractivity contribution in [3.05, 3.63) is 48.6 Å². The van der Waals surface area contributed by atoms with E-state index in [9.17, 15) is 19.4 Å². The van der Waals surface area contributed by atoms with Crippen LogP contribution in [0.2, 0.25) is 0 Å². The summed E-state index contributed by atoms with van der Waals surface area (Å²) in [7, 11) is 1.54. The zero-order valence-electron chi connectivity index (χ0n) is 32.9. The lowest BCUT2D eigenvalue weighted by Gasteiger charge is -2.25. The van der Waals surface area contributed by atoms with E-state index in [1.807, 2.05) is 27.2 Å². The molecule has 0 heterocycles. The van der Waals surface area contributed by atoms with Crippen molar-refractivity contribution in [1.82, 2.24) is 5.32 Å². The predicted octanol–water partition coefficient (Wildman–Crippen LogP) is 10.5. The molecule has 0 aromatic heterocycles. The number of phosphoric ester groups is 1. The van der Waals surface area contributed by atoms with Gasteiger partial charge in [0.2, 0.25) is 5.91 Å². The molecule has 3 atom stereocenters. The first kappa shape index (κ1) is 48.5. The monoisotopic (exact) mass is 726 g/mol. The highest BCUT2D eigenvalue weighted by molar-refractivity contribution is 7.47.